The predicted molar refractivity (Wildman–Crippen MR) is 142 cm³/mol. The Bertz CT molecular complexity index is 1210. The molecule has 1 saturated heterocycles. The Morgan fingerprint density at radius 3 is 2.38 bits per heavy atom. The van der Waals surface area contributed by atoms with Gasteiger partial charge in [-0.25, -0.2) is 4.99 Å². The van der Waals surface area contributed by atoms with E-state index in [1.54, 1.807) is 24.0 Å². The lowest BCUT2D eigenvalue weighted by Gasteiger charge is -2.24. The van der Waals surface area contributed by atoms with Crippen LogP contribution in [0.4, 0.5) is 5.69 Å². The van der Waals surface area contributed by atoms with Gasteiger partial charge in [0.15, 0.2) is 0 Å². The molecule has 2 aromatic rings. The summed E-state index contributed by atoms with van der Waals surface area (Å²) in [4.78, 5) is 33.6. The first-order valence-electron chi connectivity index (χ1n) is 12.6. The molecule has 2 aliphatic rings. The van der Waals surface area contributed by atoms with E-state index in [0.29, 0.717) is 29.2 Å². The highest BCUT2D eigenvalue weighted by molar-refractivity contribution is 6.05. The number of hydrogen-bond acceptors (Lipinski definition) is 7. The first kappa shape index (κ1) is 26.5. The number of nitrogens with two attached hydrogens (primary N) is 1. The monoisotopic (exact) mass is 506 g/mol. The van der Waals surface area contributed by atoms with Crippen molar-refractivity contribution >= 4 is 29.4 Å². The average Bonchev–Trinajstić information content (AvgIpc) is 3.10. The van der Waals surface area contributed by atoms with Crippen molar-refractivity contribution in [1.29, 1.82) is 0 Å². The minimum Gasteiger partial charge on any atom is -0.392 e. The van der Waals surface area contributed by atoms with Crippen LogP contribution in [0, 0.1) is 0 Å². The van der Waals surface area contributed by atoms with Gasteiger partial charge < -0.3 is 30.9 Å². The molecule has 2 heterocycles. The molecule has 2 aliphatic heterocycles. The first-order valence-corrected chi connectivity index (χ1v) is 12.6. The van der Waals surface area contributed by atoms with E-state index < -0.39 is 18.3 Å². The Kier molecular flexibility index (Phi) is 8.06. The number of hydrogen-bond donors (Lipinski definition) is 4. The summed E-state index contributed by atoms with van der Waals surface area (Å²) >= 11 is 0. The largest absolute Gasteiger partial charge is 0.392 e. The summed E-state index contributed by atoms with van der Waals surface area (Å²) in [6, 6.07) is 12.8. The molecule has 2 amide bonds. The van der Waals surface area contributed by atoms with Crippen LogP contribution >= 0.6 is 0 Å². The van der Waals surface area contributed by atoms with E-state index in [-0.39, 0.29) is 37.9 Å². The molecule has 0 saturated carbocycles. The van der Waals surface area contributed by atoms with Gasteiger partial charge in [0, 0.05) is 49.3 Å². The second-order valence-electron chi connectivity index (χ2n) is 9.75. The number of rotatable bonds is 7. The number of benzene rings is 2. The van der Waals surface area contributed by atoms with Crippen molar-refractivity contribution in [2.24, 2.45) is 10.7 Å². The molecular weight excluding hydrogens is 472 g/mol. The predicted octanol–water partition coefficient (Wildman–Crippen LogP) is 1.93. The summed E-state index contributed by atoms with van der Waals surface area (Å²) < 4.78 is 0. The number of amidine groups is 1. The molecule has 2 aromatic carbocycles. The average molecular weight is 507 g/mol. The van der Waals surface area contributed by atoms with Crippen LogP contribution in [0.3, 0.4) is 0 Å². The molecule has 37 heavy (non-hydrogen) atoms. The fourth-order valence-corrected chi connectivity index (χ4v) is 4.70. The lowest BCUT2D eigenvalue weighted by Crippen LogP contribution is -2.38. The van der Waals surface area contributed by atoms with Crippen molar-refractivity contribution in [3.8, 4) is 11.1 Å². The van der Waals surface area contributed by atoms with Gasteiger partial charge in [0.2, 0.25) is 5.91 Å². The van der Waals surface area contributed by atoms with Gasteiger partial charge >= 0.3 is 0 Å². The van der Waals surface area contributed by atoms with Gasteiger partial charge in [-0.05, 0) is 48.7 Å². The maximum atomic E-state index is 13.2. The zero-order chi connectivity index (χ0) is 26.7. The number of aliphatic imine (C=N–C) groups is 1. The summed E-state index contributed by atoms with van der Waals surface area (Å²) in [7, 11) is 0. The Labute approximate surface area is 216 Å². The minimum absolute atomic E-state index is 0.110. The number of amides is 2. The number of carbonyl (C=O) groups is 2. The molecule has 0 bridgehead atoms. The molecule has 4 rings (SSSR count). The van der Waals surface area contributed by atoms with Crippen LogP contribution in [0.5, 0.6) is 0 Å². The standard InChI is InChI=1S/C28H34N4O5/c1-3-10-31(14-17(2)33)28(37)22-11-21-9-8-20(12-23(21)30-26(29)13-22)18-4-6-19(7-5-18)27(36)32-15-24(34)25(35)16-32/h4-9,11-12,17,24-25,33-35H,3,10,13-16H2,1-2H3,(H2,29,30). The normalized spacial score (nSPS) is 20.0. The van der Waals surface area contributed by atoms with Gasteiger partial charge in [-0.2, -0.15) is 0 Å². The number of fused-ring (bicyclic) bond motifs is 1. The van der Waals surface area contributed by atoms with Gasteiger partial charge in [0.1, 0.15) is 5.84 Å². The molecule has 0 aliphatic carbocycles. The summed E-state index contributed by atoms with van der Waals surface area (Å²) in [6.45, 7) is 4.66. The Hall–Kier alpha value is -3.53. The molecule has 5 N–H and O–H groups in total. The summed E-state index contributed by atoms with van der Waals surface area (Å²) in [5.41, 5.74) is 10.4. The topological polar surface area (TPSA) is 140 Å². The SMILES string of the molecule is CCCN(CC(C)O)C(=O)C1=Cc2ccc(-c3ccc(C(=O)N4CC(O)C(O)C4)cc3)cc2N=C(N)C1. The highest BCUT2D eigenvalue weighted by Gasteiger charge is 2.33. The van der Waals surface area contributed by atoms with E-state index in [1.807, 2.05) is 43.3 Å². The summed E-state index contributed by atoms with van der Waals surface area (Å²) in [5, 5.41) is 29.3. The van der Waals surface area contributed by atoms with Crippen LogP contribution in [-0.2, 0) is 4.79 Å². The van der Waals surface area contributed by atoms with E-state index >= 15 is 0 Å². The second-order valence-corrected chi connectivity index (χ2v) is 9.75. The number of β-amino-alcohol motifs (C(OH)–C–C–N with tert-alkyl or cyclic N) is 2. The fraction of sp³-hybridized carbons (Fsp3) is 0.393. The number of carbonyl (C=O) groups excluding carboxylic acids is 2. The second kappa shape index (κ2) is 11.2. The smallest absolute Gasteiger partial charge is 0.254 e. The molecule has 9 heteroatoms. The van der Waals surface area contributed by atoms with Gasteiger partial charge in [-0.15, -0.1) is 0 Å². The minimum atomic E-state index is -0.923. The van der Waals surface area contributed by atoms with Gasteiger partial charge in [0.25, 0.3) is 5.91 Å². The Morgan fingerprint density at radius 1 is 1.11 bits per heavy atom. The zero-order valence-corrected chi connectivity index (χ0v) is 21.2. The summed E-state index contributed by atoms with van der Waals surface area (Å²) in [5.74, 6) is -0.0625. The van der Waals surface area contributed by atoms with E-state index in [4.69, 9.17) is 5.73 Å². The van der Waals surface area contributed by atoms with E-state index in [0.717, 1.165) is 23.1 Å². The maximum Gasteiger partial charge on any atom is 0.254 e. The zero-order valence-electron chi connectivity index (χ0n) is 21.2. The van der Waals surface area contributed by atoms with Crippen LogP contribution in [0.25, 0.3) is 17.2 Å². The number of aliphatic hydroxyl groups is 3. The lowest BCUT2D eigenvalue weighted by atomic mass is 9.99. The number of nitrogens with zero attached hydrogens (tertiary/aromatic N) is 3. The molecular formula is C28H34N4O5. The fourth-order valence-electron chi connectivity index (χ4n) is 4.70. The molecule has 0 aromatic heterocycles. The van der Waals surface area contributed by atoms with Crippen molar-refractivity contribution in [2.75, 3.05) is 26.2 Å². The van der Waals surface area contributed by atoms with Crippen LogP contribution in [0.1, 0.15) is 42.6 Å². The van der Waals surface area contributed by atoms with Gasteiger partial charge in [0.05, 0.1) is 24.0 Å². The highest BCUT2D eigenvalue weighted by atomic mass is 16.3. The van der Waals surface area contributed by atoms with Crippen molar-refractivity contribution < 1.29 is 24.9 Å². The lowest BCUT2D eigenvalue weighted by molar-refractivity contribution is -0.128. The maximum absolute atomic E-state index is 13.2. The molecule has 0 radical (unpaired) electrons. The van der Waals surface area contributed by atoms with Crippen molar-refractivity contribution in [3.63, 3.8) is 0 Å². The van der Waals surface area contributed by atoms with Gasteiger partial charge in [-0.3, -0.25) is 9.59 Å². The van der Waals surface area contributed by atoms with Crippen molar-refractivity contribution in [2.45, 2.75) is 45.0 Å². The summed E-state index contributed by atoms with van der Waals surface area (Å²) in [6.07, 6.45) is 0.345. The van der Waals surface area contributed by atoms with Crippen molar-refractivity contribution in [3.05, 3.63) is 59.2 Å². The van der Waals surface area contributed by atoms with E-state index in [2.05, 4.69) is 4.99 Å². The Morgan fingerprint density at radius 2 is 1.76 bits per heavy atom. The third-order valence-corrected chi connectivity index (χ3v) is 6.55. The quantitative estimate of drug-likeness (QED) is 0.452. The van der Waals surface area contributed by atoms with Crippen molar-refractivity contribution in [1.82, 2.24) is 9.80 Å². The van der Waals surface area contributed by atoms with Crippen LogP contribution in [0.2, 0.25) is 0 Å². The molecule has 3 atom stereocenters. The van der Waals surface area contributed by atoms with Crippen LogP contribution < -0.4 is 5.73 Å². The van der Waals surface area contributed by atoms with Crippen LogP contribution in [-0.4, -0.2) is 87.3 Å². The van der Waals surface area contributed by atoms with E-state index in [1.165, 1.54) is 4.90 Å². The Balaban J connectivity index is 1.56. The molecule has 196 valence electrons. The molecule has 0 spiro atoms. The first-order chi connectivity index (χ1) is 17.7. The molecule has 1 fully saturated rings. The number of aliphatic hydroxyl groups excluding tert-OH is 3. The third-order valence-electron chi connectivity index (χ3n) is 6.55. The third kappa shape index (κ3) is 6.07. The molecule has 3 unspecified atom stereocenters. The number of likely N-dealkylation sites (tertiary alicyclic amines) is 1. The van der Waals surface area contributed by atoms with Gasteiger partial charge in [-0.1, -0.05) is 31.2 Å². The highest BCUT2D eigenvalue weighted by Crippen LogP contribution is 2.32. The van der Waals surface area contributed by atoms with Crippen LogP contribution in [0.15, 0.2) is 53.0 Å². The molecule has 9 nitrogen and oxygen atoms in total. The van der Waals surface area contributed by atoms with E-state index in [9.17, 15) is 24.9 Å².